The van der Waals surface area contributed by atoms with E-state index >= 15 is 0 Å². The van der Waals surface area contributed by atoms with E-state index in [2.05, 4.69) is 31.0 Å². The van der Waals surface area contributed by atoms with E-state index in [4.69, 9.17) is 10.2 Å². The molecule has 0 unspecified atom stereocenters. The van der Waals surface area contributed by atoms with Gasteiger partial charge in [0.2, 0.25) is 0 Å². The molecule has 102 valence electrons. The fourth-order valence-electron chi connectivity index (χ4n) is 1.68. The molecule has 2 aromatic heterocycles. The number of methoxy groups -OCH3 is 1. The van der Waals surface area contributed by atoms with Crippen LogP contribution in [-0.4, -0.2) is 34.6 Å². The Balaban J connectivity index is 2.29. The molecule has 0 spiro atoms. The molecule has 0 aliphatic carbocycles. The topological polar surface area (TPSA) is 96.2 Å². The van der Waals surface area contributed by atoms with E-state index in [9.17, 15) is 4.79 Å². The molecule has 0 atom stereocenters. The lowest BCUT2D eigenvalue weighted by molar-refractivity contribution is 0.0592. The van der Waals surface area contributed by atoms with Crippen molar-refractivity contribution in [1.29, 1.82) is 0 Å². The lowest BCUT2D eigenvalue weighted by Crippen LogP contribution is -2.14. The van der Waals surface area contributed by atoms with Crippen molar-refractivity contribution < 1.29 is 13.9 Å². The van der Waals surface area contributed by atoms with Crippen LogP contribution in [-0.2, 0) is 17.7 Å². The van der Waals surface area contributed by atoms with E-state index in [0.717, 1.165) is 0 Å². The predicted octanol–water partition coefficient (Wildman–Crippen LogP) is 0.970. The summed E-state index contributed by atoms with van der Waals surface area (Å²) in [6.07, 6.45) is 0.485. The Hall–Kier alpha value is -1.67. The Morgan fingerprint density at radius 3 is 2.95 bits per heavy atom. The number of nitrogens with zero attached hydrogens (tertiary/aromatic N) is 3. The third kappa shape index (κ3) is 3.02. The molecule has 0 aromatic carbocycles. The summed E-state index contributed by atoms with van der Waals surface area (Å²) < 4.78 is 12.3. The van der Waals surface area contributed by atoms with Crippen LogP contribution < -0.4 is 5.73 Å². The van der Waals surface area contributed by atoms with Gasteiger partial charge in [0.25, 0.3) is 0 Å². The van der Waals surface area contributed by atoms with Gasteiger partial charge in [-0.3, -0.25) is 0 Å². The number of rotatable bonds is 5. The van der Waals surface area contributed by atoms with Gasteiger partial charge in [-0.2, -0.15) is 0 Å². The minimum absolute atomic E-state index is 0.193. The molecule has 0 fully saturated rings. The fraction of sp³-hybridized carbons (Fsp3) is 0.364. The second kappa shape index (κ2) is 5.98. The summed E-state index contributed by atoms with van der Waals surface area (Å²) in [5, 5.41) is 7.78. The number of nitrogens with two attached hydrogens (primary N) is 1. The van der Waals surface area contributed by atoms with Crippen LogP contribution in [0.15, 0.2) is 21.2 Å². The Morgan fingerprint density at radius 1 is 1.58 bits per heavy atom. The Labute approximate surface area is 117 Å². The van der Waals surface area contributed by atoms with Gasteiger partial charge in [0.05, 0.1) is 12.8 Å². The number of carbonyl (C=O) groups is 1. The van der Waals surface area contributed by atoms with Crippen LogP contribution in [0.25, 0.3) is 0 Å². The lowest BCUT2D eigenvalue weighted by atomic mass is 10.2. The summed E-state index contributed by atoms with van der Waals surface area (Å²) in [5.74, 6) is 0.182. The standard InChI is InChI=1S/C11H13BrN4O3/c1-18-11(17)10-8(4-5-13)16(15-14-10)6-7-2-3-9(12)19-7/h2-3H,4-6,13H2,1H3. The molecule has 19 heavy (non-hydrogen) atoms. The molecule has 0 aliphatic rings. The van der Waals surface area contributed by atoms with Crippen LogP contribution in [0.3, 0.4) is 0 Å². The van der Waals surface area contributed by atoms with Crippen LogP contribution >= 0.6 is 15.9 Å². The molecular weight excluding hydrogens is 316 g/mol. The van der Waals surface area contributed by atoms with Gasteiger partial charge in [0.15, 0.2) is 10.4 Å². The largest absolute Gasteiger partial charge is 0.464 e. The van der Waals surface area contributed by atoms with Crippen molar-refractivity contribution in [2.75, 3.05) is 13.7 Å². The van der Waals surface area contributed by atoms with E-state index < -0.39 is 5.97 Å². The minimum Gasteiger partial charge on any atom is -0.464 e. The third-order valence-corrected chi connectivity index (χ3v) is 2.96. The third-order valence-electron chi connectivity index (χ3n) is 2.53. The summed E-state index contributed by atoms with van der Waals surface area (Å²) in [7, 11) is 1.30. The van der Waals surface area contributed by atoms with Gasteiger partial charge in [-0.25, -0.2) is 9.48 Å². The van der Waals surface area contributed by atoms with Crippen LogP contribution in [0.4, 0.5) is 0 Å². The van der Waals surface area contributed by atoms with Crippen molar-refractivity contribution in [1.82, 2.24) is 15.0 Å². The number of furan rings is 1. The molecule has 2 rings (SSSR count). The van der Waals surface area contributed by atoms with Crippen molar-refractivity contribution in [2.45, 2.75) is 13.0 Å². The zero-order valence-corrected chi connectivity index (χ0v) is 11.9. The number of hydrogen-bond donors (Lipinski definition) is 1. The van der Waals surface area contributed by atoms with E-state index in [1.165, 1.54) is 7.11 Å². The highest BCUT2D eigenvalue weighted by molar-refractivity contribution is 9.10. The normalized spacial score (nSPS) is 10.7. The number of aromatic nitrogens is 3. The monoisotopic (exact) mass is 328 g/mol. The summed E-state index contributed by atoms with van der Waals surface area (Å²) >= 11 is 3.23. The molecule has 8 heteroatoms. The highest BCUT2D eigenvalue weighted by Gasteiger charge is 2.20. The van der Waals surface area contributed by atoms with Gasteiger partial charge in [-0.05, 0) is 34.6 Å². The summed E-state index contributed by atoms with van der Waals surface area (Å²) in [5.41, 5.74) is 6.38. The molecule has 0 amide bonds. The van der Waals surface area contributed by atoms with Crippen molar-refractivity contribution in [3.05, 3.63) is 34.0 Å². The van der Waals surface area contributed by atoms with Gasteiger partial charge >= 0.3 is 5.97 Å². The molecule has 0 saturated heterocycles. The van der Waals surface area contributed by atoms with Crippen LogP contribution in [0.2, 0.25) is 0 Å². The van der Waals surface area contributed by atoms with Crippen LogP contribution in [0.5, 0.6) is 0 Å². The quantitative estimate of drug-likeness (QED) is 0.821. The molecule has 0 radical (unpaired) electrons. The molecular formula is C11H13BrN4O3. The average Bonchev–Trinajstić information content (AvgIpc) is 2.97. The molecule has 7 nitrogen and oxygen atoms in total. The zero-order chi connectivity index (χ0) is 13.8. The first kappa shape index (κ1) is 13.8. The van der Waals surface area contributed by atoms with E-state index in [-0.39, 0.29) is 5.69 Å². The first-order valence-corrected chi connectivity index (χ1v) is 6.40. The van der Waals surface area contributed by atoms with E-state index in [1.807, 2.05) is 6.07 Å². The predicted molar refractivity (Wildman–Crippen MR) is 69.6 cm³/mol. The van der Waals surface area contributed by atoms with Gasteiger partial charge in [-0.1, -0.05) is 5.21 Å². The lowest BCUT2D eigenvalue weighted by Gasteiger charge is -2.04. The maximum Gasteiger partial charge on any atom is 0.360 e. The van der Waals surface area contributed by atoms with Crippen molar-refractivity contribution in [3.8, 4) is 0 Å². The number of halogens is 1. The summed E-state index contributed by atoms with van der Waals surface area (Å²) in [6.45, 7) is 0.768. The van der Waals surface area contributed by atoms with Gasteiger partial charge in [0.1, 0.15) is 12.3 Å². The van der Waals surface area contributed by atoms with Crippen LogP contribution in [0, 0.1) is 0 Å². The molecule has 2 heterocycles. The van der Waals surface area contributed by atoms with Gasteiger partial charge in [0, 0.05) is 6.42 Å². The molecule has 0 aliphatic heterocycles. The average molecular weight is 329 g/mol. The highest BCUT2D eigenvalue weighted by atomic mass is 79.9. The maximum atomic E-state index is 11.6. The Bertz CT molecular complexity index is 578. The van der Waals surface area contributed by atoms with Crippen LogP contribution in [0.1, 0.15) is 21.9 Å². The van der Waals surface area contributed by atoms with Gasteiger partial charge < -0.3 is 14.9 Å². The Morgan fingerprint density at radius 2 is 2.37 bits per heavy atom. The minimum atomic E-state index is -0.518. The zero-order valence-electron chi connectivity index (χ0n) is 10.3. The van der Waals surface area contributed by atoms with E-state index in [1.54, 1.807) is 10.7 Å². The summed E-state index contributed by atoms with van der Waals surface area (Å²) in [6, 6.07) is 3.60. The van der Waals surface area contributed by atoms with Crippen molar-refractivity contribution >= 4 is 21.9 Å². The van der Waals surface area contributed by atoms with Gasteiger partial charge in [-0.15, -0.1) is 5.10 Å². The number of ether oxygens (including phenoxy) is 1. The molecule has 2 N–H and O–H groups in total. The fourth-order valence-corrected chi connectivity index (χ4v) is 2.02. The number of carbonyl (C=O) groups excluding carboxylic acids is 1. The van der Waals surface area contributed by atoms with Crippen molar-refractivity contribution in [3.63, 3.8) is 0 Å². The molecule has 2 aromatic rings. The smallest absolute Gasteiger partial charge is 0.360 e. The Kier molecular flexibility index (Phi) is 4.33. The second-order valence-corrected chi connectivity index (χ2v) is 4.56. The number of hydrogen-bond acceptors (Lipinski definition) is 6. The first-order valence-electron chi connectivity index (χ1n) is 5.60. The van der Waals surface area contributed by atoms with E-state index in [0.29, 0.717) is 35.6 Å². The second-order valence-electron chi connectivity index (χ2n) is 3.78. The first-order chi connectivity index (χ1) is 9.15. The van der Waals surface area contributed by atoms with Crippen molar-refractivity contribution in [2.24, 2.45) is 5.73 Å². The molecule has 0 saturated carbocycles. The highest BCUT2D eigenvalue weighted by Crippen LogP contribution is 2.16. The number of esters is 1. The molecule has 0 bridgehead atoms. The maximum absolute atomic E-state index is 11.6. The SMILES string of the molecule is COC(=O)c1nnn(Cc2ccc(Br)o2)c1CCN. The summed E-state index contributed by atoms with van der Waals surface area (Å²) in [4.78, 5) is 11.6.